The number of anilines is 1. The zero-order valence-corrected chi connectivity index (χ0v) is 18.5. The monoisotopic (exact) mass is 502 g/mol. The molecule has 5 nitrogen and oxygen atoms in total. The Morgan fingerprint density at radius 3 is 2.18 bits per heavy atom. The molecule has 3 rings (SSSR count). The lowest BCUT2D eigenvalue weighted by atomic mass is 10.1. The molecule has 0 N–H and O–H groups in total. The standard InChI is InChI=1S/C22H20F6N4OS/c23-21(24,25)19(22(26,27)28)31(17-7-2-1-3-8-17)32(20(15-29)10-11-20)18(33)9-13-34-14-16-6-4-5-12-30-16/h1-8,12,19H,9-11,13-14H2. The van der Waals surface area contributed by atoms with Crippen molar-refractivity contribution in [1.82, 2.24) is 9.99 Å². The maximum Gasteiger partial charge on any atom is 0.419 e. The summed E-state index contributed by atoms with van der Waals surface area (Å²) >= 11 is 1.26. The number of hydrogen-bond donors (Lipinski definition) is 0. The molecule has 12 heteroatoms. The quantitative estimate of drug-likeness (QED) is 0.257. The van der Waals surface area contributed by atoms with Gasteiger partial charge in [0.25, 0.3) is 0 Å². The van der Waals surface area contributed by atoms with Gasteiger partial charge in [-0.15, -0.1) is 0 Å². The number of alkyl halides is 6. The third kappa shape index (κ3) is 5.94. The first-order valence-electron chi connectivity index (χ1n) is 10.2. The Bertz CT molecular complexity index is 992. The minimum absolute atomic E-state index is 0.0257. The van der Waals surface area contributed by atoms with Gasteiger partial charge in [0.05, 0.1) is 17.5 Å². The number of rotatable bonds is 9. The molecule has 182 valence electrons. The number of nitrogens with zero attached hydrogens (tertiary/aromatic N) is 4. The minimum Gasteiger partial charge on any atom is -0.273 e. The van der Waals surface area contributed by atoms with Crippen LogP contribution in [0.3, 0.4) is 0 Å². The van der Waals surface area contributed by atoms with Crippen molar-refractivity contribution in [3.8, 4) is 6.07 Å². The zero-order valence-electron chi connectivity index (χ0n) is 17.7. The highest BCUT2D eigenvalue weighted by atomic mass is 32.2. The van der Waals surface area contributed by atoms with Gasteiger partial charge in [-0.3, -0.25) is 14.8 Å². The van der Waals surface area contributed by atoms with Gasteiger partial charge in [0.15, 0.2) is 5.54 Å². The molecule has 1 aliphatic carbocycles. The van der Waals surface area contributed by atoms with Gasteiger partial charge in [-0.2, -0.15) is 43.4 Å². The predicted molar refractivity (Wildman–Crippen MR) is 114 cm³/mol. The fourth-order valence-electron chi connectivity index (χ4n) is 3.40. The summed E-state index contributed by atoms with van der Waals surface area (Å²) in [6.45, 7) is 0. The zero-order chi connectivity index (χ0) is 25.0. The number of halogens is 6. The maximum absolute atomic E-state index is 13.8. The molecule has 0 spiro atoms. The molecule has 0 atom stereocenters. The lowest BCUT2D eigenvalue weighted by Gasteiger charge is -2.44. The van der Waals surface area contributed by atoms with E-state index in [0.717, 1.165) is 12.1 Å². The highest BCUT2D eigenvalue weighted by Gasteiger charge is 2.65. The molecule has 0 unspecified atom stereocenters. The Morgan fingerprint density at radius 1 is 1.06 bits per heavy atom. The number of para-hydroxylation sites is 1. The fraction of sp³-hybridized carbons (Fsp3) is 0.409. The SMILES string of the molecule is N#CC1(N(C(=O)CCSCc2ccccn2)N(c2ccccc2)C(C(F)(F)F)C(F)(F)F)CC1. The number of carbonyl (C=O) groups excluding carboxylic acids is 1. The summed E-state index contributed by atoms with van der Waals surface area (Å²) < 4.78 is 82.7. The van der Waals surface area contributed by atoms with Crippen LogP contribution in [-0.2, 0) is 10.5 Å². The summed E-state index contributed by atoms with van der Waals surface area (Å²) in [6.07, 6.45) is -10.3. The fourth-order valence-corrected chi connectivity index (χ4v) is 4.25. The van der Waals surface area contributed by atoms with Gasteiger partial charge in [0.2, 0.25) is 11.9 Å². The minimum atomic E-state index is -5.76. The number of pyridine rings is 1. The number of carbonyl (C=O) groups is 1. The van der Waals surface area contributed by atoms with Gasteiger partial charge in [-0.1, -0.05) is 24.3 Å². The highest BCUT2D eigenvalue weighted by molar-refractivity contribution is 7.98. The van der Waals surface area contributed by atoms with E-state index < -0.39 is 35.5 Å². The Labute approximate surface area is 196 Å². The topological polar surface area (TPSA) is 60.2 Å². The van der Waals surface area contributed by atoms with Crippen molar-refractivity contribution >= 4 is 23.4 Å². The Kier molecular flexibility index (Phi) is 7.65. The first-order valence-corrected chi connectivity index (χ1v) is 11.3. The maximum atomic E-state index is 13.8. The van der Waals surface area contributed by atoms with Crippen LogP contribution in [0.2, 0.25) is 0 Å². The molecular weight excluding hydrogens is 482 g/mol. The smallest absolute Gasteiger partial charge is 0.273 e. The van der Waals surface area contributed by atoms with Gasteiger partial charge in [-0.05, 0) is 37.1 Å². The number of aromatic nitrogens is 1. The van der Waals surface area contributed by atoms with Crippen molar-refractivity contribution in [1.29, 1.82) is 5.26 Å². The average Bonchev–Trinajstić information content (AvgIpc) is 3.56. The number of hydrogen-bond acceptors (Lipinski definition) is 5. The highest BCUT2D eigenvalue weighted by Crippen LogP contribution is 2.48. The van der Waals surface area contributed by atoms with Crippen LogP contribution < -0.4 is 5.01 Å². The molecule has 0 radical (unpaired) electrons. The van der Waals surface area contributed by atoms with Gasteiger partial charge in [0.1, 0.15) is 0 Å². The molecular formula is C22H20F6N4OS. The van der Waals surface area contributed by atoms with Crippen LogP contribution in [0, 0.1) is 11.3 Å². The second kappa shape index (κ2) is 10.1. The molecule has 34 heavy (non-hydrogen) atoms. The van der Waals surface area contributed by atoms with Crippen molar-refractivity contribution in [2.75, 3.05) is 10.8 Å². The van der Waals surface area contributed by atoms with Crippen molar-refractivity contribution in [2.45, 2.75) is 48.9 Å². The third-order valence-corrected chi connectivity index (χ3v) is 6.10. The molecule has 1 aromatic carbocycles. The summed E-state index contributed by atoms with van der Waals surface area (Å²) in [6, 6.07) is 9.08. The summed E-state index contributed by atoms with van der Waals surface area (Å²) in [4.78, 5) is 17.3. The van der Waals surface area contributed by atoms with Crippen LogP contribution in [0.4, 0.5) is 32.0 Å². The van der Waals surface area contributed by atoms with Gasteiger partial charge < -0.3 is 0 Å². The van der Waals surface area contributed by atoms with E-state index in [2.05, 4.69) is 4.98 Å². The molecule has 0 bridgehead atoms. The lowest BCUT2D eigenvalue weighted by Crippen LogP contribution is -2.65. The van der Waals surface area contributed by atoms with E-state index >= 15 is 0 Å². The normalized spacial score (nSPS) is 15.0. The molecule has 1 heterocycles. The first kappa shape index (κ1) is 25.7. The lowest BCUT2D eigenvalue weighted by molar-refractivity contribution is -0.257. The van der Waals surface area contributed by atoms with Gasteiger partial charge in [-0.25, -0.2) is 5.01 Å². The van der Waals surface area contributed by atoms with E-state index in [-0.39, 0.29) is 30.0 Å². The van der Waals surface area contributed by atoms with E-state index in [9.17, 15) is 36.4 Å². The number of hydrazine groups is 1. The van der Waals surface area contributed by atoms with Crippen LogP contribution >= 0.6 is 11.8 Å². The summed E-state index contributed by atoms with van der Waals surface area (Å²) in [7, 11) is 0. The first-order chi connectivity index (χ1) is 16.0. The largest absolute Gasteiger partial charge is 0.419 e. The van der Waals surface area contributed by atoms with Crippen molar-refractivity contribution in [3.63, 3.8) is 0 Å². The van der Waals surface area contributed by atoms with E-state index in [1.807, 2.05) is 0 Å². The van der Waals surface area contributed by atoms with Crippen LogP contribution in [0.15, 0.2) is 54.7 Å². The Hall–Kier alpha value is -2.94. The molecule has 1 fully saturated rings. The number of amides is 1. The van der Waals surface area contributed by atoms with Crippen LogP contribution in [0.1, 0.15) is 25.0 Å². The third-order valence-electron chi connectivity index (χ3n) is 5.11. The number of thioether (sulfide) groups is 1. The Morgan fingerprint density at radius 2 is 1.68 bits per heavy atom. The molecule has 1 saturated carbocycles. The molecule has 0 aliphatic heterocycles. The van der Waals surface area contributed by atoms with Crippen LogP contribution in [-0.4, -0.2) is 45.6 Å². The van der Waals surface area contributed by atoms with E-state index in [4.69, 9.17) is 0 Å². The Balaban J connectivity index is 1.93. The molecule has 1 aromatic heterocycles. The van der Waals surface area contributed by atoms with E-state index in [1.165, 1.54) is 30.0 Å². The van der Waals surface area contributed by atoms with Crippen molar-refractivity contribution < 1.29 is 31.1 Å². The molecule has 0 saturated heterocycles. The summed E-state index contributed by atoms with van der Waals surface area (Å²) in [5.41, 5.74) is -1.54. The average molecular weight is 502 g/mol. The molecule has 1 aliphatic rings. The second-order valence-corrected chi connectivity index (χ2v) is 8.74. The van der Waals surface area contributed by atoms with Crippen LogP contribution in [0.25, 0.3) is 0 Å². The van der Waals surface area contributed by atoms with Gasteiger partial charge in [0, 0.05) is 24.1 Å². The van der Waals surface area contributed by atoms with Crippen molar-refractivity contribution in [3.05, 3.63) is 60.4 Å². The summed E-state index contributed by atoms with van der Waals surface area (Å²) in [5, 5.41) is 9.92. The van der Waals surface area contributed by atoms with Crippen LogP contribution in [0.5, 0.6) is 0 Å². The van der Waals surface area contributed by atoms with Crippen molar-refractivity contribution in [2.24, 2.45) is 0 Å². The molecule has 2 aromatic rings. The predicted octanol–water partition coefficient (Wildman–Crippen LogP) is 5.50. The van der Waals surface area contributed by atoms with E-state index in [1.54, 1.807) is 30.5 Å². The summed E-state index contributed by atoms with van der Waals surface area (Å²) in [5.74, 6) is -0.457. The van der Waals surface area contributed by atoms with Gasteiger partial charge >= 0.3 is 12.4 Å². The molecule has 1 amide bonds. The number of nitriles is 1. The number of benzene rings is 1. The van der Waals surface area contributed by atoms with E-state index in [0.29, 0.717) is 16.5 Å². The second-order valence-electron chi connectivity index (χ2n) is 7.64.